The number of hydrogen-bond acceptors (Lipinski definition) is 7. The molecule has 0 aliphatic heterocycles. The number of nitrogens with one attached hydrogen (secondary N) is 1. The van der Waals surface area contributed by atoms with Gasteiger partial charge >= 0.3 is 5.97 Å². The van der Waals surface area contributed by atoms with Crippen LogP contribution in [0.15, 0.2) is 58.0 Å². The highest BCUT2D eigenvalue weighted by Gasteiger charge is 2.28. The number of esters is 1. The van der Waals surface area contributed by atoms with Crippen molar-refractivity contribution in [3.05, 3.63) is 60.0 Å². The number of sulfonamides is 1. The molecule has 3 N–H and O–H groups in total. The summed E-state index contributed by atoms with van der Waals surface area (Å²) in [6.07, 6.45) is 2.11. The smallest absolute Gasteiger partial charge is 0.374 e. The molecule has 1 aromatic carbocycles. The van der Waals surface area contributed by atoms with E-state index < -0.39 is 33.6 Å². The highest BCUT2D eigenvalue weighted by atomic mass is 32.2. The van der Waals surface area contributed by atoms with Crippen molar-refractivity contribution in [3.63, 3.8) is 0 Å². The van der Waals surface area contributed by atoms with Crippen LogP contribution in [0.2, 0.25) is 0 Å². The lowest BCUT2D eigenvalue weighted by molar-refractivity contribution is -0.119. The maximum Gasteiger partial charge on any atom is 0.374 e. The summed E-state index contributed by atoms with van der Waals surface area (Å²) in [5.74, 6) is -1.11. The number of anilines is 1. The quantitative estimate of drug-likeness (QED) is 0.543. The van der Waals surface area contributed by atoms with E-state index >= 15 is 0 Å². The number of aromatic nitrogens is 2. The van der Waals surface area contributed by atoms with Gasteiger partial charge in [0.1, 0.15) is 5.82 Å². The maximum atomic E-state index is 12.3. The summed E-state index contributed by atoms with van der Waals surface area (Å²) in [5, 5.41) is 11.6. The van der Waals surface area contributed by atoms with Crippen LogP contribution in [0.25, 0.3) is 5.69 Å². The summed E-state index contributed by atoms with van der Waals surface area (Å²) >= 11 is 0. The molecular formula is C19H18N4O6S. The van der Waals surface area contributed by atoms with Gasteiger partial charge in [-0.2, -0.15) is 5.10 Å². The van der Waals surface area contributed by atoms with Crippen LogP contribution < -0.4 is 10.5 Å². The van der Waals surface area contributed by atoms with Gasteiger partial charge in [-0.25, -0.2) is 23.0 Å². The monoisotopic (exact) mass is 430 g/mol. The average molecular weight is 430 g/mol. The molecule has 1 aliphatic carbocycles. The topological polar surface area (TPSA) is 147 Å². The number of rotatable bonds is 7. The molecule has 3 aromatic rings. The van der Waals surface area contributed by atoms with Crippen LogP contribution in [-0.4, -0.2) is 36.7 Å². The fraction of sp³-hybridized carbons (Fsp3) is 0.211. The minimum absolute atomic E-state index is 0.378. The molecule has 0 spiro atoms. The molecule has 1 saturated carbocycles. The van der Waals surface area contributed by atoms with Crippen molar-refractivity contribution in [2.24, 2.45) is 5.14 Å². The summed E-state index contributed by atoms with van der Waals surface area (Å²) in [4.78, 5) is 24.3. The largest absolute Gasteiger partial charge is 0.450 e. The number of ether oxygens (including phenoxy) is 1. The van der Waals surface area contributed by atoms with Gasteiger partial charge < -0.3 is 14.5 Å². The first-order chi connectivity index (χ1) is 14.3. The van der Waals surface area contributed by atoms with E-state index in [4.69, 9.17) is 14.3 Å². The van der Waals surface area contributed by atoms with Crippen LogP contribution in [0, 0.1) is 0 Å². The molecule has 0 saturated heterocycles. The highest BCUT2D eigenvalue weighted by molar-refractivity contribution is 7.89. The second-order valence-corrected chi connectivity index (χ2v) is 8.26. The first-order valence-corrected chi connectivity index (χ1v) is 10.6. The minimum Gasteiger partial charge on any atom is -0.450 e. The summed E-state index contributed by atoms with van der Waals surface area (Å²) in [6, 6.07) is 13.3. The fourth-order valence-corrected chi connectivity index (χ4v) is 3.26. The number of primary sulfonamides is 1. The summed E-state index contributed by atoms with van der Waals surface area (Å²) in [6.45, 7) is -0.594. The van der Waals surface area contributed by atoms with Gasteiger partial charge in [0, 0.05) is 12.0 Å². The minimum atomic E-state index is -4.08. The number of nitrogens with two attached hydrogens (primary N) is 1. The van der Waals surface area contributed by atoms with Crippen molar-refractivity contribution in [1.82, 2.24) is 9.78 Å². The molecule has 0 bridgehead atoms. The molecular weight excluding hydrogens is 412 g/mol. The van der Waals surface area contributed by atoms with Crippen LogP contribution in [0.1, 0.15) is 35.0 Å². The van der Waals surface area contributed by atoms with Crippen molar-refractivity contribution >= 4 is 27.7 Å². The SMILES string of the molecule is NS(=O)(=O)c1ccc(C(=O)OCC(=O)Nc2cc(C3CC3)nn2-c2ccccc2)o1. The number of carbonyl (C=O) groups is 2. The molecule has 11 heteroatoms. The number of amides is 1. The van der Waals surface area contributed by atoms with Crippen molar-refractivity contribution in [2.75, 3.05) is 11.9 Å². The molecule has 156 valence electrons. The Bertz CT molecular complexity index is 1190. The Morgan fingerprint density at radius 3 is 2.57 bits per heavy atom. The molecule has 4 rings (SSSR count). The molecule has 1 amide bonds. The maximum absolute atomic E-state index is 12.3. The van der Waals surface area contributed by atoms with Gasteiger partial charge in [0.25, 0.3) is 15.9 Å². The van der Waals surface area contributed by atoms with Crippen LogP contribution in [-0.2, 0) is 19.6 Å². The van der Waals surface area contributed by atoms with E-state index in [9.17, 15) is 18.0 Å². The first kappa shape index (κ1) is 19.9. The number of benzene rings is 1. The predicted molar refractivity (Wildman–Crippen MR) is 105 cm³/mol. The number of carbonyl (C=O) groups excluding carboxylic acids is 2. The van der Waals surface area contributed by atoms with Crippen molar-refractivity contribution in [2.45, 2.75) is 23.9 Å². The lowest BCUT2D eigenvalue weighted by Gasteiger charge is -2.09. The summed E-state index contributed by atoms with van der Waals surface area (Å²) < 4.78 is 33.8. The lowest BCUT2D eigenvalue weighted by Crippen LogP contribution is -2.22. The van der Waals surface area contributed by atoms with Gasteiger partial charge in [0.05, 0.1) is 11.4 Å². The third-order valence-electron chi connectivity index (χ3n) is 4.39. The molecule has 0 radical (unpaired) electrons. The Labute approximate surface area is 171 Å². The third kappa shape index (κ3) is 4.42. The normalized spacial score (nSPS) is 13.8. The van der Waals surface area contributed by atoms with E-state index in [2.05, 4.69) is 10.4 Å². The number of nitrogens with zero attached hydrogens (tertiary/aromatic N) is 2. The van der Waals surface area contributed by atoms with Crippen LogP contribution >= 0.6 is 0 Å². The molecule has 2 heterocycles. The lowest BCUT2D eigenvalue weighted by atomic mass is 10.3. The molecule has 2 aromatic heterocycles. The van der Waals surface area contributed by atoms with E-state index in [0.717, 1.165) is 36.4 Å². The molecule has 0 unspecified atom stereocenters. The van der Waals surface area contributed by atoms with Crippen LogP contribution in [0.4, 0.5) is 5.82 Å². The Balaban J connectivity index is 1.43. The van der Waals surface area contributed by atoms with E-state index in [1.165, 1.54) is 0 Å². The molecule has 30 heavy (non-hydrogen) atoms. The van der Waals surface area contributed by atoms with Crippen molar-refractivity contribution < 1.29 is 27.2 Å². The van der Waals surface area contributed by atoms with Crippen LogP contribution in [0.3, 0.4) is 0 Å². The Morgan fingerprint density at radius 2 is 1.93 bits per heavy atom. The molecule has 10 nitrogen and oxygen atoms in total. The average Bonchev–Trinajstić information content (AvgIpc) is 3.27. The van der Waals surface area contributed by atoms with Crippen LogP contribution in [0.5, 0.6) is 0 Å². The summed E-state index contributed by atoms with van der Waals surface area (Å²) in [5.41, 5.74) is 1.67. The van der Waals surface area contributed by atoms with Gasteiger partial charge in [0.15, 0.2) is 6.61 Å². The molecule has 1 fully saturated rings. The van der Waals surface area contributed by atoms with E-state index in [1.54, 1.807) is 10.7 Å². The molecule has 1 aliphatic rings. The first-order valence-electron chi connectivity index (χ1n) is 9.06. The van der Waals surface area contributed by atoms with Crippen molar-refractivity contribution in [3.8, 4) is 5.69 Å². The number of hydrogen-bond donors (Lipinski definition) is 2. The van der Waals surface area contributed by atoms with E-state index in [-0.39, 0.29) is 5.76 Å². The second-order valence-electron chi connectivity index (χ2n) is 6.76. The standard InChI is InChI=1S/C19H18N4O6S/c20-30(26,27)18-9-8-15(29-18)19(25)28-11-17(24)21-16-10-14(12-6-7-12)22-23(16)13-4-2-1-3-5-13/h1-5,8-10,12H,6-7,11H2,(H,21,24)(H2,20,26,27). The fourth-order valence-electron chi connectivity index (χ4n) is 2.80. The van der Waals surface area contributed by atoms with E-state index in [0.29, 0.717) is 11.7 Å². The zero-order chi connectivity index (χ0) is 21.3. The van der Waals surface area contributed by atoms with Gasteiger partial charge in [0.2, 0.25) is 10.9 Å². The van der Waals surface area contributed by atoms with E-state index in [1.807, 2.05) is 30.3 Å². The van der Waals surface area contributed by atoms with Gasteiger partial charge in [-0.3, -0.25) is 4.79 Å². The molecule has 0 atom stereocenters. The van der Waals surface area contributed by atoms with Gasteiger partial charge in [-0.05, 0) is 37.1 Å². The van der Waals surface area contributed by atoms with Gasteiger partial charge in [-0.1, -0.05) is 18.2 Å². The zero-order valence-electron chi connectivity index (χ0n) is 15.6. The Morgan fingerprint density at radius 1 is 1.20 bits per heavy atom. The van der Waals surface area contributed by atoms with Crippen molar-refractivity contribution in [1.29, 1.82) is 0 Å². The number of furan rings is 1. The Hall–Kier alpha value is -3.44. The highest BCUT2D eigenvalue weighted by Crippen LogP contribution is 2.40. The van der Waals surface area contributed by atoms with Gasteiger partial charge in [-0.15, -0.1) is 0 Å². The third-order valence-corrected chi connectivity index (χ3v) is 5.17. The number of para-hydroxylation sites is 1. The zero-order valence-corrected chi connectivity index (χ0v) is 16.5. The summed E-state index contributed by atoms with van der Waals surface area (Å²) in [7, 11) is -4.08. The predicted octanol–water partition coefficient (Wildman–Crippen LogP) is 1.79. The second kappa shape index (κ2) is 7.76. The Kier molecular flexibility index (Phi) is 5.14.